The van der Waals surface area contributed by atoms with Crippen molar-refractivity contribution in [1.29, 1.82) is 0 Å². The quantitative estimate of drug-likeness (QED) is 0.553. The van der Waals surface area contributed by atoms with Gasteiger partial charge in [0, 0.05) is 18.3 Å². The lowest BCUT2D eigenvalue weighted by atomic mass is 10.3. The highest BCUT2D eigenvalue weighted by molar-refractivity contribution is 5.59. The van der Waals surface area contributed by atoms with Gasteiger partial charge in [0.15, 0.2) is 0 Å². The van der Waals surface area contributed by atoms with Crippen molar-refractivity contribution >= 4 is 17.3 Å². The lowest BCUT2D eigenvalue weighted by Gasteiger charge is -2.09. The topological polar surface area (TPSA) is 59.1 Å². The molecule has 0 spiro atoms. The third-order valence-corrected chi connectivity index (χ3v) is 3.61. The lowest BCUT2D eigenvalue weighted by Crippen LogP contribution is -2.04. The molecule has 3 aromatic rings. The fraction of sp³-hybridized carbons (Fsp3) is 0.200. The normalized spacial score (nSPS) is 10.3. The molecule has 0 unspecified atom stereocenters. The molecule has 0 atom stereocenters. The van der Waals surface area contributed by atoms with Crippen LogP contribution in [0.1, 0.15) is 19.8 Å². The van der Waals surface area contributed by atoms with Gasteiger partial charge in [0.25, 0.3) is 0 Å². The molecule has 1 aromatic heterocycles. The number of rotatable bonds is 8. The molecule has 0 bridgehead atoms. The van der Waals surface area contributed by atoms with E-state index in [2.05, 4.69) is 27.5 Å². The van der Waals surface area contributed by atoms with Crippen molar-refractivity contribution in [2.24, 2.45) is 0 Å². The molecule has 3 rings (SSSR count). The van der Waals surface area contributed by atoms with Crippen molar-refractivity contribution in [2.75, 3.05) is 17.2 Å². The average molecular weight is 334 g/mol. The summed E-state index contributed by atoms with van der Waals surface area (Å²) in [7, 11) is 0. The van der Waals surface area contributed by atoms with Crippen LogP contribution in [0.4, 0.5) is 17.3 Å². The maximum atomic E-state index is 5.79. The Balaban J connectivity index is 1.60. The van der Waals surface area contributed by atoms with Crippen LogP contribution >= 0.6 is 0 Å². The molecule has 0 fully saturated rings. The van der Waals surface area contributed by atoms with Crippen LogP contribution in [0, 0.1) is 0 Å². The SMILES string of the molecule is CCCCNc1cc(Nc2ccc(Oc3ccccc3)cc2)ncn1. The van der Waals surface area contributed by atoms with Gasteiger partial charge in [-0.1, -0.05) is 31.5 Å². The molecule has 0 aliphatic heterocycles. The Morgan fingerprint density at radius 2 is 1.60 bits per heavy atom. The van der Waals surface area contributed by atoms with Gasteiger partial charge in [-0.15, -0.1) is 0 Å². The van der Waals surface area contributed by atoms with Gasteiger partial charge in [-0.25, -0.2) is 9.97 Å². The van der Waals surface area contributed by atoms with E-state index in [0.29, 0.717) is 0 Å². The molecule has 1 heterocycles. The molecule has 0 saturated heterocycles. The van der Waals surface area contributed by atoms with Crippen LogP contribution in [-0.4, -0.2) is 16.5 Å². The van der Waals surface area contributed by atoms with E-state index < -0.39 is 0 Å². The number of hydrogen-bond acceptors (Lipinski definition) is 5. The fourth-order valence-electron chi connectivity index (χ4n) is 2.29. The molecule has 0 radical (unpaired) electrons. The van der Waals surface area contributed by atoms with Crippen molar-refractivity contribution < 1.29 is 4.74 Å². The van der Waals surface area contributed by atoms with E-state index in [4.69, 9.17) is 4.74 Å². The molecular formula is C20H22N4O. The van der Waals surface area contributed by atoms with E-state index in [0.717, 1.165) is 48.2 Å². The third kappa shape index (κ3) is 5.21. The van der Waals surface area contributed by atoms with Crippen molar-refractivity contribution in [3.05, 3.63) is 67.0 Å². The maximum Gasteiger partial charge on any atom is 0.135 e. The number of nitrogens with zero attached hydrogens (tertiary/aromatic N) is 2. The van der Waals surface area contributed by atoms with Crippen LogP contribution in [0.25, 0.3) is 0 Å². The third-order valence-electron chi connectivity index (χ3n) is 3.61. The second kappa shape index (κ2) is 8.68. The minimum absolute atomic E-state index is 0.755. The van der Waals surface area contributed by atoms with Crippen LogP contribution in [0.3, 0.4) is 0 Å². The number of nitrogens with one attached hydrogen (secondary N) is 2. The van der Waals surface area contributed by atoms with E-state index >= 15 is 0 Å². The van der Waals surface area contributed by atoms with E-state index in [1.165, 1.54) is 0 Å². The molecule has 0 amide bonds. The van der Waals surface area contributed by atoms with Crippen molar-refractivity contribution in [3.8, 4) is 11.5 Å². The van der Waals surface area contributed by atoms with Crippen LogP contribution in [0.5, 0.6) is 11.5 Å². The minimum Gasteiger partial charge on any atom is -0.457 e. The first-order valence-electron chi connectivity index (χ1n) is 8.49. The van der Waals surface area contributed by atoms with E-state index in [9.17, 15) is 0 Å². The maximum absolute atomic E-state index is 5.79. The van der Waals surface area contributed by atoms with Gasteiger partial charge in [0.2, 0.25) is 0 Å². The van der Waals surface area contributed by atoms with Gasteiger partial charge < -0.3 is 15.4 Å². The summed E-state index contributed by atoms with van der Waals surface area (Å²) < 4.78 is 5.79. The first-order valence-corrected chi connectivity index (χ1v) is 8.49. The molecule has 2 aromatic carbocycles. The molecule has 0 aliphatic carbocycles. The second-order valence-electron chi connectivity index (χ2n) is 5.63. The standard InChI is InChI=1S/C20H22N4O/c1-2-3-13-21-19-14-20(23-15-22-19)24-16-9-11-18(12-10-16)25-17-7-5-4-6-8-17/h4-12,14-15H,2-3,13H2,1H3,(H2,21,22,23,24). The average Bonchev–Trinajstić information content (AvgIpc) is 2.65. The van der Waals surface area contributed by atoms with Crippen LogP contribution < -0.4 is 15.4 Å². The first-order chi connectivity index (χ1) is 12.3. The van der Waals surface area contributed by atoms with Gasteiger partial charge in [-0.05, 0) is 42.8 Å². The monoisotopic (exact) mass is 334 g/mol. The van der Waals surface area contributed by atoms with E-state index in [-0.39, 0.29) is 0 Å². The van der Waals surface area contributed by atoms with Gasteiger partial charge >= 0.3 is 0 Å². The zero-order valence-corrected chi connectivity index (χ0v) is 14.3. The summed E-state index contributed by atoms with van der Waals surface area (Å²) >= 11 is 0. The Hall–Kier alpha value is -3.08. The molecule has 128 valence electrons. The molecule has 2 N–H and O–H groups in total. The molecule has 25 heavy (non-hydrogen) atoms. The van der Waals surface area contributed by atoms with Crippen LogP contribution in [0.15, 0.2) is 67.0 Å². The van der Waals surface area contributed by atoms with Gasteiger partial charge in [-0.2, -0.15) is 0 Å². The highest BCUT2D eigenvalue weighted by Gasteiger charge is 2.01. The minimum atomic E-state index is 0.755. The zero-order valence-electron chi connectivity index (χ0n) is 14.3. The van der Waals surface area contributed by atoms with Gasteiger partial charge in [0.05, 0.1) is 0 Å². The number of para-hydroxylation sites is 1. The second-order valence-corrected chi connectivity index (χ2v) is 5.63. The number of ether oxygens (including phenoxy) is 1. The number of unbranched alkanes of at least 4 members (excludes halogenated alkanes) is 1. The zero-order chi connectivity index (χ0) is 17.3. The molecule has 5 nitrogen and oxygen atoms in total. The van der Waals surface area contributed by atoms with Crippen molar-refractivity contribution in [1.82, 2.24) is 9.97 Å². The summed E-state index contributed by atoms with van der Waals surface area (Å²) in [6, 6.07) is 19.4. The highest BCUT2D eigenvalue weighted by Crippen LogP contribution is 2.24. The number of aromatic nitrogens is 2. The summed E-state index contributed by atoms with van der Waals surface area (Å²) in [6.07, 6.45) is 3.83. The Labute approximate surface area is 148 Å². The summed E-state index contributed by atoms with van der Waals surface area (Å²) in [6.45, 7) is 3.08. The molecule has 0 aliphatic rings. The largest absolute Gasteiger partial charge is 0.457 e. The Kier molecular flexibility index (Phi) is 5.82. The Bertz CT molecular complexity index is 775. The summed E-state index contributed by atoms with van der Waals surface area (Å²) in [5, 5.41) is 6.58. The summed E-state index contributed by atoms with van der Waals surface area (Å²) in [5.41, 5.74) is 0.943. The number of benzene rings is 2. The smallest absolute Gasteiger partial charge is 0.135 e. The van der Waals surface area contributed by atoms with Crippen molar-refractivity contribution in [3.63, 3.8) is 0 Å². The summed E-state index contributed by atoms with van der Waals surface area (Å²) in [5.74, 6) is 3.20. The Morgan fingerprint density at radius 3 is 2.36 bits per heavy atom. The Morgan fingerprint density at radius 1 is 0.880 bits per heavy atom. The van der Waals surface area contributed by atoms with Crippen LogP contribution in [0.2, 0.25) is 0 Å². The molecule has 5 heteroatoms. The number of hydrogen-bond donors (Lipinski definition) is 2. The molecule has 0 saturated carbocycles. The fourth-order valence-corrected chi connectivity index (χ4v) is 2.29. The predicted octanol–water partition coefficient (Wildman–Crippen LogP) is 5.22. The van der Waals surface area contributed by atoms with E-state index in [1.807, 2.05) is 60.7 Å². The molecular weight excluding hydrogens is 312 g/mol. The van der Waals surface area contributed by atoms with Gasteiger partial charge in [-0.3, -0.25) is 0 Å². The van der Waals surface area contributed by atoms with Gasteiger partial charge in [0.1, 0.15) is 29.5 Å². The number of anilines is 3. The highest BCUT2D eigenvalue weighted by atomic mass is 16.5. The van der Waals surface area contributed by atoms with E-state index in [1.54, 1.807) is 6.33 Å². The first kappa shape index (κ1) is 16.8. The van der Waals surface area contributed by atoms with Crippen molar-refractivity contribution in [2.45, 2.75) is 19.8 Å². The summed E-state index contributed by atoms with van der Waals surface area (Å²) in [4.78, 5) is 8.49. The van der Waals surface area contributed by atoms with Crippen LogP contribution in [-0.2, 0) is 0 Å². The predicted molar refractivity (Wildman–Crippen MR) is 102 cm³/mol. The lowest BCUT2D eigenvalue weighted by molar-refractivity contribution is 0.483.